The average Bonchev–Trinajstić information content (AvgIpc) is 3.19. The van der Waals surface area contributed by atoms with Crippen molar-refractivity contribution < 1.29 is 9.53 Å². The number of thioether (sulfide) groups is 1. The quantitative estimate of drug-likeness (QED) is 0.452. The summed E-state index contributed by atoms with van der Waals surface area (Å²) in [5, 5.41) is 15.2. The Morgan fingerprint density at radius 3 is 2.74 bits per heavy atom. The van der Waals surface area contributed by atoms with Crippen LogP contribution >= 0.6 is 11.8 Å². The molecule has 3 rings (SSSR count). The zero-order chi connectivity index (χ0) is 18.9. The zero-order valence-corrected chi connectivity index (χ0v) is 15.9. The van der Waals surface area contributed by atoms with Crippen molar-refractivity contribution in [3.05, 3.63) is 60.2 Å². The Kier molecular flexibility index (Phi) is 6.81. The molecule has 1 amide bonds. The van der Waals surface area contributed by atoms with Crippen LogP contribution in [-0.2, 0) is 11.2 Å². The number of nitrogens with zero attached hydrogens (tertiary/aromatic N) is 4. The number of aryl methyl sites for hydroxylation is 1. The van der Waals surface area contributed by atoms with Crippen molar-refractivity contribution in [1.82, 2.24) is 25.5 Å². The molecule has 0 fully saturated rings. The fourth-order valence-electron chi connectivity index (χ4n) is 2.57. The maximum Gasteiger partial charge on any atom is 0.230 e. The van der Waals surface area contributed by atoms with Gasteiger partial charge in [-0.1, -0.05) is 54.2 Å². The molecule has 0 saturated carbocycles. The summed E-state index contributed by atoms with van der Waals surface area (Å²) >= 11 is 1.29. The molecule has 0 unspecified atom stereocenters. The second-order valence-corrected chi connectivity index (χ2v) is 6.72. The molecule has 0 aliphatic heterocycles. The third-order valence-corrected chi connectivity index (χ3v) is 4.81. The van der Waals surface area contributed by atoms with E-state index in [1.165, 1.54) is 17.3 Å². The lowest BCUT2D eigenvalue weighted by molar-refractivity contribution is -0.118. The molecule has 1 aromatic heterocycles. The van der Waals surface area contributed by atoms with E-state index >= 15 is 0 Å². The molecule has 7 nitrogen and oxygen atoms in total. The number of aromatic nitrogens is 4. The van der Waals surface area contributed by atoms with Crippen LogP contribution in [0, 0.1) is 0 Å². The number of carbonyl (C=O) groups excluding carboxylic acids is 1. The van der Waals surface area contributed by atoms with Gasteiger partial charge in [0, 0.05) is 6.54 Å². The van der Waals surface area contributed by atoms with Crippen LogP contribution in [0.3, 0.4) is 0 Å². The molecule has 27 heavy (non-hydrogen) atoms. The number of para-hydroxylation sites is 2. The van der Waals surface area contributed by atoms with Crippen molar-refractivity contribution in [1.29, 1.82) is 0 Å². The van der Waals surface area contributed by atoms with Crippen LogP contribution in [0.1, 0.15) is 12.0 Å². The first kappa shape index (κ1) is 18.9. The fraction of sp³-hybridized carbons (Fsp3) is 0.263. The normalized spacial score (nSPS) is 10.6. The van der Waals surface area contributed by atoms with E-state index < -0.39 is 0 Å². The Labute approximate surface area is 162 Å². The lowest BCUT2D eigenvalue weighted by Gasteiger charge is -2.09. The van der Waals surface area contributed by atoms with E-state index in [2.05, 4.69) is 33.0 Å². The van der Waals surface area contributed by atoms with E-state index in [1.54, 1.807) is 11.8 Å². The third-order valence-electron chi connectivity index (χ3n) is 3.89. The minimum absolute atomic E-state index is 0.0392. The highest BCUT2D eigenvalue weighted by Crippen LogP contribution is 2.25. The minimum Gasteiger partial charge on any atom is -0.494 e. The van der Waals surface area contributed by atoms with Gasteiger partial charge >= 0.3 is 0 Å². The number of methoxy groups -OCH3 is 1. The van der Waals surface area contributed by atoms with Gasteiger partial charge in [-0.2, -0.15) is 4.68 Å². The summed E-state index contributed by atoms with van der Waals surface area (Å²) in [5.74, 6) is 0.876. The van der Waals surface area contributed by atoms with Gasteiger partial charge in [0.25, 0.3) is 0 Å². The molecule has 0 spiro atoms. The first-order valence-corrected chi connectivity index (χ1v) is 9.61. The Bertz CT molecular complexity index is 869. The predicted molar refractivity (Wildman–Crippen MR) is 104 cm³/mol. The van der Waals surface area contributed by atoms with E-state index in [0.29, 0.717) is 17.5 Å². The zero-order valence-electron chi connectivity index (χ0n) is 15.0. The Morgan fingerprint density at radius 2 is 1.93 bits per heavy atom. The summed E-state index contributed by atoms with van der Waals surface area (Å²) in [6.45, 7) is 0.645. The summed E-state index contributed by atoms with van der Waals surface area (Å²) in [6, 6.07) is 17.7. The monoisotopic (exact) mass is 383 g/mol. The first-order valence-electron chi connectivity index (χ1n) is 8.63. The maximum absolute atomic E-state index is 12.1. The van der Waals surface area contributed by atoms with Gasteiger partial charge in [0.15, 0.2) is 0 Å². The van der Waals surface area contributed by atoms with Crippen molar-refractivity contribution in [3.8, 4) is 11.4 Å². The van der Waals surface area contributed by atoms with Gasteiger partial charge in [-0.05, 0) is 41.0 Å². The molecular weight excluding hydrogens is 362 g/mol. The number of carbonyl (C=O) groups is 1. The number of rotatable bonds is 9. The second-order valence-electron chi connectivity index (χ2n) is 5.77. The molecule has 0 aliphatic rings. The summed E-state index contributed by atoms with van der Waals surface area (Å²) in [6.07, 6.45) is 1.85. The Hall–Kier alpha value is -2.87. The standard InChI is InChI=1S/C19H21N5O2S/c1-26-17-12-6-5-11-16(17)24-19(21-22-23-24)27-14-18(25)20-13-7-10-15-8-3-2-4-9-15/h2-6,8-9,11-12H,7,10,13-14H2,1H3,(H,20,25). The summed E-state index contributed by atoms with van der Waals surface area (Å²) in [4.78, 5) is 12.1. The molecule has 2 aromatic carbocycles. The largest absolute Gasteiger partial charge is 0.494 e. The molecule has 8 heteroatoms. The third kappa shape index (κ3) is 5.30. The maximum atomic E-state index is 12.1. The van der Waals surface area contributed by atoms with Crippen molar-refractivity contribution in [2.24, 2.45) is 0 Å². The number of benzene rings is 2. The molecule has 0 atom stereocenters. The molecule has 140 valence electrons. The second kappa shape index (κ2) is 9.72. The summed E-state index contributed by atoms with van der Waals surface area (Å²) in [7, 11) is 1.60. The minimum atomic E-state index is -0.0392. The number of tetrazole rings is 1. The molecule has 0 aliphatic carbocycles. The van der Waals surface area contributed by atoms with Crippen molar-refractivity contribution >= 4 is 17.7 Å². The Balaban J connectivity index is 1.48. The highest BCUT2D eigenvalue weighted by molar-refractivity contribution is 7.99. The molecule has 0 saturated heterocycles. The van der Waals surface area contributed by atoms with Crippen molar-refractivity contribution in [2.75, 3.05) is 19.4 Å². The number of hydrogen-bond donors (Lipinski definition) is 1. The van der Waals surface area contributed by atoms with Gasteiger partial charge in [0.2, 0.25) is 11.1 Å². The van der Waals surface area contributed by atoms with E-state index in [1.807, 2.05) is 42.5 Å². The van der Waals surface area contributed by atoms with Gasteiger partial charge < -0.3 is 10.1 Å². The molecule has 1 heterocycles. The highest BCUT2D eigenvalue weighted by Gasteiger charge is 2.14. The van der Waals surface area contributed by atoms with Gasteiger partial charge in [0.05, 0.1) is 12.9 Å². The van der Waals surface area contributed by atoms with Crippen LogP contribution in [0.2, 0.25) is 0 Å². The number of amides is 1. The van der Waals surface area contributed by atoms with Crippen LogP contribution < -0.4 is 10.1 Å². The van der Waals surface area contributed by atoms with Crippen LogP contribution in [0.25, 0.3) is 5.69 Å². The predicted octanol–water partition coefficient (Wildman–Crippen LogP) is 2.51. The molecule has 0 bridgehead atoms. The van der Waals surface area contributed by atoms with Crippen LogP contribution in [0.15, 0.2) is 59.8 Å². The van der Waals surface area contributed by atoms with E-state index in [-0.39, 0.29) is 11.7 Å². The highest BCUT2D eigenvalue weighted by atomic mass is 32.2. The number of hydrogen-bond acceptors (Lipinski definition) is 6. The summed E-state index contributed by atoms with van der Waals surface area (Å²) in [5.41, 5.74) is 2.01. The lowest BCUT2D eigenvalue weighted by atomic mass is 10.1. The molecular formula is C19H21N5O2S. The average molecular weight is 383 g/mol. The molecule has 1 N–H and O–H groups in total. The fourth-order valence-corrected chi connectivity index (χ4v) is 3.28. The van der Waals surface area contributed by atoms with Gasteiger partial charge in [-0.25, -0.2) is 0 Å². The number of ether oxygens (including phenoxy) is 1. The van der Waals surface area contributed by atoms with Crippen LogP contribution in [-0.4, -0.2) is 45.5 Å². The molecule has 3 aromatic rings. The van der Waals surface area contributed by atoms with Crippen LogP contribution in [0.4, 0.5) is 0 Å². The Morgan fingerprint density at radius 1 is 1.15 bits per heavy atom. The van der Waals surface area contributed by atoms with Gasteiger partial charge in [-0.15, -0.1) is 5.10 Å². The topological polar surface area (TPSA) is 81.9 Å². The van der Waals surface area contributed by atoms with Gasteiger partial charge in [-0.3, -0.25) is 4.79 Å². The van der Waals surface area contributed by atoms with Crippen molar-refractivity contribution in [3.63, 3.8) is 0 Å². The SMILES string of the molecule is COc1ccccc1-n1nnnc1SCC(=O)NCCCc1ccccc1. The van der Waals surface area contributed by atoms with E-state index in [4.69, 9.17) is 4.74 Å². The smallest absolute Gasteiger partial charge is 0.230 e. The van der Waals surface area contributed by atoms with E-state index in [9.17, 15) is 4.79 Å². The lowest BCUT2D eigenvalue weighted by Crippen LogP contribution is -2.26. The van der Waals surface area contributed by atoms with Gasteiger partial charge in [0.1, 0.15) is 11.4 Å². The first-order chi connectivity index (χ1) is 13.3. The van der Waals surface area contributed by atoms with E-state index in [0.717, 1.165) is 18.5 Å². The van der Waals surface area contributed by atoms with Crippen molar-refractivity contribution in [2.45, 2.75) is 18.0 Å². The molecule has 0 radical (unpaired) electrons. The number of nitrogens with one attached hydrogen (secondary N) is 1. The van der Waals surface area contributed by atoms with Crippen LogP contribution in [0.5, 0.6) is 5.75 Å². The summed E-state index contributed by atoms with van der Waals surface area (Å²) < 4.78 is 6.92.